The van der Waals surface area contributed by atoms with Crippen LogP contribution in [-0.2, 0) is 14.8 Å². The van der Waals surface area contributed by atoms with E-state index in [1.165, 1.54) is 13.2 Å². The van der Waals surface area contributed by atoms with Crippen molar-refractivity contribution in [2.75, 3.05) is 24.2 Å². The van der Waals surface area contributed by atoms with E-state index in [1.54, 1.807) is 12.1 Å². The van der Waals surface area contributed by atoms with Gasteiger partial charge in [-0.1, -0.05) is 24.4 Å². The molecule has 1 saturated carbocycles. The zero-order chi connectivity index (χ0) is 17.0. The molecule has 0 heterocycles. The molecule has 0 bridgehead atoms. The number of hydrogen-bond donors (Lipinski definition) is 1. The van der Waals surface area contributed by atoms with Gasteiger partial charge in [-0.2, -0.15) is 0 Å². The van der Waals surface area contributed by atoms with Gasteiger partial charge in [-0.3, -0.25) is 9.10 Å². The molecule has 1 amide bonds. The minimum atomic E-state index is -3.66. The van der Waals surface area contributed by atoms with Crippen LogP contribution in [-0.4, -0.2) is 40.3 Å². The molecule has 0 saturated heterocycles. The summed E-state index contributed by atoms with van der Waals surface area (Å²) in [7, 11) is -2.23. The van der Waals surface area contributed by atoms with Crippen LogP contribution in [0.1, 0.15) is 25.7 Å². The molecule has 8 heteroatoms. The third-order valence-corrected chi connectivity index (χ3v) is 5.18. The van der Waals surface area contributed by atoms with Crippen LogP contribution in [0.4, 0.5) is 5.69 Å². The number of halogens is 1. The molecule has 0 unspecified atom stereocenters. The van der Waals surface area contributed by atoms with E-state index in [0.29, 0.717) is 10.8 Å². The quantitative estimate of drug-likeness (QED) is 0.843. The standard InChI is InChI=1S/C15H21ClN2O4S/c1-22-14-8-7-11(16)9-13(14)18(23(2,20)21)10-15(19)17-12-5-3-4-6-12/h7-9,12H,3-6,10H2,1-2H3,(H,17,19). The summed E-state index contributed by atoms with van der Waals surface area (Å²) >= 11 is 5.96. The second-order valence-electron chi connectivity index (χ2n) is 5.63. The van der Waals surface area contributed by atoms with Gasteiger partial charge in [0, 0.05) is 11.1 Å². The van der Waals surface area contributed by atoms with Gasteiger partial charge in [-0.25, -0.2) is 8.42 Å². The summed E-state index contributed by atoms with van der Waals surface area (Å²) in [5, 5.41) is 3.25. The number of carbonyl (C=O) groups excluding carboxylic acids is 1. The maximum absolute atomic E-state index is 12.2. The van der Waals surface area contributed by atoms with Gasteiger partial charge in [0.15, 0.2) is 0 Å². The lowest BCUT2D eigenvalue weighted by Crippen LogP contribution is -2.43. The SMILES string of the molecule is COc1ccc(Cl)cc1N(CC(=O)NC1CCCC1)S(C)(=O)=O. The highest BCUT2D eigenvalue weighted by atomic mass is 35.5. The summed E-state index contributed by atoms with van der Waals surface area (Å²) in [6.07, 6.45) is 5.10. The van der Waals surface area contributed by atoms with E-state index in [1.807, 2.05) is 0 Å². The molecular formula is C15H21ClN2O4S. The highest BCUT2D eigenvalue weighted by molar-refractivity contribution is 7.92. The van der Waals surface area contributed by atoms with E-state index in [2.05, 4.69) is 5.32 Å². The molecule has 1 fully saturated rings. The number of ether oxygens (including phenoxy) is 1. The number of rotatable bonds is 6. The lowest BCUT2D eigenvalue weighted by Gasteiger charge is -2.24. The Morgan fingerprint density at radius 1 is 1.39 bits per heavy atom. The topological polar surface area (TPSA) is 75.7 Å². The minimum Gasteiger partial charge on any atom is -0.495 e. The van der Waals surface area contributed by atoms with Crippen LogP contribution in [0.15, 0.2) is 18.2 Å². The molecule has 0 atom stereocenters. The average molecular weight is 361 g/mol. The Morgan fingerprint density at radius 2 is 2.04 bits per heavy atom. The molecule has 0 spiro atoms. The normalized spacial score (nSPS) is 15.4. The Bertz CT molecular complexity index is 672. The van der Waals surface area contributed by atoms with Crippen molar-refractivity contribution in [1.82, 2.24) is 5.32 Å². The summed E-state index contributed by atoms with van der Waals surface area (Å²) < 4.78 is 30.5. The highest BCUT2D eigenvalue weighted by Gasteiger charge is 2.26. The fourth-order valence-electron chi connectivity index (χ4n) is 2.71. The van der Waals surface area contributed by atoms with Gasteiger partial charge in [-0.15, -0.1) is 0 Å². The number of methoxy groups -OCH3 is 1. The van der Waals surface area contributed by atoms with Crippen LogP contribution in [0.25, 0.3) is 0 Å². The fourth-order valence-corrected chi connectivity index (χ4v) is 3.73. The van der Waals surface area contributed by atoms with Crippen LogP contribution < -0.4 is 14.4 Å². The molecule has 1 aliphatic rings. The number of benzene rings is 1. The van der Waals surface area contributed by atoms with Gasteiger partial charge in [0.05, 0.1) is 19.1 Å². The second-order valence-corrected chi connectivity index (χ2v) is 7.98. The highest BCUT2D eigenvalue weighted by Crippen LogP contribution is 2.32. The van der Waals surface area contributed by atoms with Gasteiger partial charge in [0.25, 0.3) is 0 Å². The van der Waals surface area contributed by atoms with E-state index < -0.39 is 10.0 Å². The predicted molar refractivity (Wildman–Crippen MR) is 90.6 cm³/mol. The van der Waals surface area contributed by atoms with Crippen LogP contribution in [0.5, 0.6) is 5.75 Å². The maximum atomic E-state index is 12.2. The van der Waals surface area contributed by atoms with E-state index in [-0.39, 0.29) is 24.2 Å². The first-order valence-corrected chi connectivity index (χ1v) is 9.64. The Kier molecular flexibility index (Phi) is 5.75. The molecule has 1 aliphatic carbocycles. The zero-order valence-corrected chi connectivity index (χ0v) is 14.8. The number of sulfonamides is 1. The van der Waals surface area contributed by atoms with E-state index >= 15 is 0 Å². The number of amides is 1. The Hall–Kier alpha value is -1.47. The molecule has 1 aromatic carbocycles. The van der Waals surface area contributed by atoms with Crippen LogP contribution in [0.2, 0.25) is 5.02 Å². The first-order chi connectivity index (χ1) is 10.8. The molecule has 23 heavy (non-hydrogen) atoms. The summed E-state index contributed by atoms with van der Waals surface area (Å²) in [5.41, 5.74) is 0.254. The third kappa shape index (κ3) is 4.75. The number of nitrogens with one attached hydrogen (secondary N) is 1. The number of carbonyl (C=O) groups is 1. The minimum absolute atomic E-state index is 0.130. The molecule has 2 rings (SSSR count). The van der Waals surface area contributed by atoms with Crippen LogP contribution >= 0.6 is 11.6 Å². The van der Waals surface area contributed by atoms with Gasteiger partial charge in [0.2, 0.25) is 15.9 Å². The Labute approximate surface area is 141 Å². The molecule has 0 aromatic heterocycles. The molecule has 0 aliphatic heterocycles. The van der Waals surface area contributed by atoms with Crippen molar-refractivity contribution in [2.45, 2.75) is 31.7 Å². The van der Waals surface area contributed by atoms with E-state index in [9.17, 15) is 13.2 Å². The lowest BCUT2D eigenvalue weighted by atomic mass is 10.2. The van der Waals surface area contributed by atoms with Gasteiger partial charge < -0.3 is 10.1 Å². The zero-order valence-electron chi connectivity index (χ0n) is 13.2. The molecule has 1 N–H and O–H groups in total. The van der Waals surface area contributed by atoms with Crippen LogP contribution in [0.3, 0.4) is 0 Å². The largest absolute Gasteiger partial charge is 0.495 e. The Balaban J connectivity index is 2.24. The molecule has 6 nitrogen and oxygen atoms in total. The maximum Gasteiger partial charge on any atom is 0.240 e. The third-order valence-electron chi connectivity index (χ3n) is 3.82. The van der Waals surface area contributed by atoms with Crippen molar-refractivity contribution < 1.29 is 17.9 Å². The summed E-state index contributed by atoms with van der Waals surface area (Å²) in [6, 6.07) is 4.78. The van der Waals surface area contributed by atoms with Gasteiger partial charge in [-0.05, 0) is 31.0 Å². The molecular weight excluding hydrogens is 340 g/mol. The lowest BCUT2D eigenvalue weighted by molar-refractivity contribution is -0.120. The molecule has 128 valence electrons. The fraction of sp³-hybridized carbons (Fsp3) is 0.533. The smallest absolute Gasteiger partial charge is 0.240 e. The predicted octanol–water partition coefficient (Wildman–Crippen LogP) is 2.17. The van der Waals surface area contributed by atoms with Crippen LogP contribution in [0, 0.1) is 0 Å². The monoisotopic (exact) mass is 360 g/mol. The first-order valence-electron chi connectivity index (χ1n) is 7.42. The number of nitrogens with zero attached hydrogens (tertiary/aromatic N) is 1. The van der Waals surface area contributed by atoms with Crippen molar-refractivity contribution in [1.29, 1.82) is 0 Å². The van der Waals surface area contributed by atoms with Crippen molar-refractivity contribution in [2.24, 2.45) is 0 Å². The molecule has 0 radical (unpaired) electrons. The second kappa shape index (κ2) is 7.40. The van der Waals surface area contributed by atoms with E-state index in [0.717, 1.165) is 36.2 Å². The number of anilines is 1. The summed E-state index contributed by atoms with van der Waals surface area (Å²) in [5.74, 6) is 0.0119. The van der Waals surface area contributed by atoms with Gasteiger partial charge in [0.1, 0.15) is 12.3 Å². The summed E-state index contributed by atoms with van der Waals surface area (Å²) in [6.45, 7) is -0.300. The van der Waals surface area contributed by atoms with Gasteiger partial charge >= 0.3 is 0 Å². The Morgan fingerprint density at radius 3 is 2.61 bits per heavy atom. The van der Waals surface area contributed by atoms with Crippen molar-refractivity contribution in [3.8, 4) is 5.75 Å². The van der Waals surface area contributed by atoms with Crippen molar-refractivity contribution in [3.05, 3.63) is 23.2 Å². The first kappa shape index (κ1) is 17.9. The van der Waals surface area contributed by atoms with Crippen molar-refractivity contribution in [3.63, 3.8) is 0 Å². The summed E-state index contributed by atoms with van der Waals surface area (Å²) in [4.78, 5) is 12.2. The number of hydrogen-bond acceptors (Lipinski definition) is 4. The van der Waals surface area contributed by atoms with E-state index in [4.69, 9.17) is 16.3 Å². The molecule has 1 aromatic rings. The average Bonchev–Trinajstić information content (AvgIpc) is 2.96. The van der Waals surface area contributed by atoms with Crippen molar-refractivity contribution >= 4 is 33.2 Å².